The first-order chi connectivity index (χ1) is 18.1. The lowest BCUT2D eigenvalue weighted by Gasteiger charge is -2.31. The number of carbonyl (C=O) groups excluding carboxylic acids is 2. The Morgan fingerprint density at radius 1 is 0.919 bits per heavy atom. The van der Waals surface area contributed by atoms with Crippen LogP contribution < -0.4 is 14.8 Å². The highest BCUT2D eigenvalue weighted by atomic mass is 19.1. The summed E-state index contributed by atoms with van der Waals surface area (Å²) >= 11 is 0. The number of hydrogen-bond donors (Lipinski definition) is 1. The molecule has 0 saturated carbocycles. The zero-order chi connectivity index (χ0) is 25.6. The van der Waals surface area contributed by atoms with E-state index >= 15 is 0 Å². The molecule has 0 bridgehead atoms. The first-order valence-electron chi connectivity index (χ1n) is 11.7. The smallest absolute Gasteiger partial charge is 0.251 e. The fourth-order valence-corrected chi connectivity index (χ4v) is 4.19. The molecular weight excluding hydrogens is 473 g/mol. The second-order valence-electron chi connectivity index (χ2n) is 8.56. The number of halogens is 1. The maximum absolute atomic E-state index is 13.8. The largest absolute Gasteiger partial charge is 0.454 e. The maximum Gasteiger partial charge on any atom is 0.251 e. The van der Waals surface area contributed by atoms with Gasteiger partial charge < -0.3 is 19.7 Å². The zero-order valence-corrected chi connectivity index (χ0v) is 19.8. The lowest BCUT2D eigenvalue weighted by molar-refractivity contribution is -0.139. The Kier molecular flexibility index (Phi) is 7.07. The van der Waals surface area contributed by atoms with Crippen LogP contribution in [0.3, 0.4) is 0 Å². The van der Waals surface area contributed by atoms with E-state index < -0.39 is 17.8 Å². The number of nitrogens with zero attached hydrogens (tertiary/aromatic N) is 2. The summed E-state index contributed by atoms with van der Waals surface area (Å²) in [4.78, 5) is 33.2. The molecule has 1 aliphatic rings. The third-order valence-electron chi connectivity index (χ3n) is 5.98. The highest BCUT2D eigenvalue weighted by molar-refractivity contribution is 5.98. The number of pyridine rings is 1. The lowest BCUT2D eigenvalue weighted by Crippen LogP contribution is -2.41. The molecule has 0 spiro atoms. The summed E-state index contributed by atoms with van der Waals surface area (Å²) in [7, 11) is 0. The van der Waals surface area contributed by atoms with Crippen molar-refractivity contribution in [3.63, 3.8) is 0 Å². The molecule has 3 aromatic carbocycles. The molecule has 37 heavy (non-hydrogen) atoms. The molecule has 5 rings (SSSR count). The van der Waals surface area contributed by atoms with Crippen molar-refractivity contribution in [2.45, 2.75) is 19.0 Å². The molecule has 1 N–H and O–H groups in total. The second kappa shape index (κ2) is 10.9. The van der Waals surface area contributed by atoms with Crippen molar-refractivity contribution >= 4 is 17.5 Å². The van der Waals surface area contributed by atoms with Crippen LogP contribution in [0.5, 0.6) is 11.5 Å². The molecule has 0 aliphatic carbocycles. The van der Waals surface area contributed by atoms with Crippen molar-refractivity contribution in [3.05, 3.63) is 120 Å². The highest BCUT2D eigenvalue weighted by Gasteiger charge is 2.32. The van der Waals surface area contributed by atoms with Gasteiger partial charge in [-0.15, -0.1) is 0 Å². The Morgan fingerprint density at radius 3 is 2.43 bits per heavy atom. The van der Waals surface area contributed by atoms with Gasteiger partial charge >= 0.3 is 0 Å². The predicted octanol–water partition coefficient (Wildman–Crippen LogP) is 4.90. The fourth-order valence-electron chi connectivity index (χ4n) is 4.19. The van der Waals surface area contributed by atoms with E-state index in [9.17, 15) is 14.0 Å². The average Bonchev–Trinajstić information content (AvgIpc) is 3.38. The topological polar surface area (TPSA) is 80.8 Å². The Balaban J connectivity index is 1.51. The third-order valence-corrected chi connectivity index (χ3v) is 5.98. The molecule has 0 fully saturated rings. The number of fused-ring (bicyclic) bond motifs is 1. The predicted molar refractivity (Wildman–Crippen MR) is 135 cm³/mol. The molecule has 1 unspecified atom stereocenters. The molecule has 2 amide bonds. The van der Waals surface area contributed by atoms with Gasteiger partial charge in [0, 0.05) is 30.7 Å². The van der Waals surface area contributed by atoms with Crippen LogP contribution in [0.25, 0.3) is 0 Å². The Morgan fingerprint density at radius 2 is 1.68 bits per heavy atom. The summed E-state index contributed by atoms with van der Waals surface area (Å²) in [5.74, 6) is -0.0399. The summed E-state index contributed by atoms with van der Waals surface area (Å²) in [6.07, 6.45) is 3.39. The molecule has 1 atom stereocenters. The zero-order valence-electron chi connectivity index (χ0n) is 19.8. The molecule has 1 aliphatic heterocycles. The van der Waals surface area contributed by atoms with Crippen LogP contribution in [0, 0.1) is 5.82 Å². The van der Waals surface area contributed by atoms with Gasteiger partial charge in [0.15, 0.2) is 11.5 Å². The van der Waals surface area contributed by atoms with Crippen molar-refractivity contribution in [1.82, 2.24) is 9.88 Å². The van der Waals surface area contributed by atoms with Gasteiger partial charge in [-0.2, -0.15) is 0 Å². The molecule has 186 valence electrons. The number of rotatable bonds is 8. The minimum atomic E-state index is -1.04. The number of anilines is 1. The quantitative estimate of drug-likeness (QED) is 0.375. The summed E-state index contributed by atoms with van der Waals surface area (Å²) in [5.41, 5.74) is 2.53. The van der Waals surface area contributed by atoms with Gasteiger partial charge in [-0.1, -0.05) is 48.5 Å². The molecule has 2 heterocycles. The van der Waals surface area contributed by atoms with E-state index in [1.807, 2.05) is 36.4 Å². The molecular formula is C29H24FN3O4. The van der Waals surface area contributed by atoms with E-state index in [2.05, 4.69) is 10.3 Å². The van der Waals surface area contributed by atoms with Crippen LogP contribution in [0.4, 0.5) is 10.1 Å². The van der Waals surface area contributed by atoms with E-state index in [0.29, 0.717) is 22.7 Å². The lowest BCUT2D eigenvalue weighted by atomic mass is 10.0. The number of ether oxygens (including phenoxy) is 2. The highest BCUT2D eigenvalue weighted by Crippen LogP contribution is 2.35. The van der Waals surface area contributed by atoms with Crippen LogP contribution in [-0.4, -0.2) is 28.5 Å². The Bertz CT molecular complexity index is 1380. The van der Waals surface area contributed by atoms with Crippen molar-refractivity contribution in [1.29, 1.82) is 0 Å². The van der Waals surface area contributed by atoms with Gasteiger partial charge in [0.2, 0.25) is 12.7 Å². The molecule has 0 saturated heterocycles. The first kappa shape index (κ1) is 24.0. The summed E-state index contributed by atoms with van der Waals surface area (Å²) in [5, 5.41) is 2.89. The number of aromatic nitrogens is 1. The van der Waals surface area contributed by atoms with Crippen molar-refractivity contribution < 1.29 is 23.5 Å². The average molecular weight is 498 g/mol. The normalized spacial score (nSPS) is 12.6. The summed E-state index contributed by atoms with van der Waals surface area (Å²) in [6, 6.07) is 22.6. The molecule has 8 heteroatoms. The van der Waals surface area contributed by atoms with Gasteiger partial charge in [-0.3, -0.25) is 14.6 Å². The summed E-state index contributed by atoms with van der Waals surface area (Å²) < 4.78 is 24.6. The Hall–Kier alpha value is -4.72. The van der Waals surface area contributed by atoms with Crippen LogP contribution in [0.15, 0.2) is 97.3 Å². The van der Waals surface area contributed by atoms with E-state index in [4.69, 9.17) is 9.47 Å². The maximum atomic E-state index is 13.8. The van der Waals surface area contributed by atoms with Crippen LogP contribution in [0.2, 0.25) is 0 Å². The fraction of sp³-hybridized carbons (Fsp3) is 0.138. The second-order valence-corrected chi connectivity index (χ2v) is 8.56. The number of benzene rings is 3. The van der Waals surface area contributed by atoms with E-state index in [-0.39, 0.29) is 25.7 Å². The van der Waals surface area contributed by atoms with Crippen molar-refractivity contribution in [3.8, 4) is 11.5 Å². The molecule has 7 nitrogen and oxygen atoms in total. The van der Waals surface area contributed by atoms with Gasteiger partial charge in [0.1, 0.15) is 11.9 Å². The molecule has 4 aromatic rings. The first-order valence-corrected chi connectivity index (χ1v) is 11.7. The van der Waals surface area contributed by atoms with E-state index in [0.717, 1.165) is 11.1 Å². The van der Waals surface area contributed by atoms with E-state index in [1.54, 1.807) is 36.7 Å². The van der Waals surface area contributed by atoms with Gasteiger partial charge in [0.25, 0.3) is 5.91 Å². The van der Waals surface area contributed by atoms with E-state index in [1.165, 1.54) is 29.2 Å². The molecule has 0 radical (unpaired) electrons. The van der Waals surface area contributed by atoms with Crippen molar-refractivity contribution in [2.75, 3.05) is 12.1 Å². The van der Waals surface area contributed by atoms with Gasteiger partial charge in [-0.25, -0.2) is 4.39 Å². The molecule has 1 aromatic heterocycles. The minimum absolute atomic E-state index is 0.0934. The van der Waals surface area contributed by atoms with Crippen LogP contribution in [-0.2, 0) is 22.6 Å². The number of amides is 2. The van der Waals surface area contributed by atoms with Crippen LogP contribution >= 0.6 is 0 Å². The minimum Gasteiger partial charge on any atom is -0.454 e. The van der Waals surface area contributed by atoms with Gasteiger partial charge in [-0.05, 0) is 47.0 Å². The van der Waals surface area contributed by atoms with Crippen molar-refractivity contribution in [2.24, 2.45) is 0 Å². The number of nitrogens with one attached hydrogen (secondary N) is 1. The standard InChI is InChI=1S/C29H24FN3O4/c30-23-10-8-22(9-11-23)28(29(35)32-24-12-13-25-26(16-24)37-19-36-25)33(18-21-7-4-14-31-17-21)27(34)15-20-5-2-1-3-6-20/h1-14,16-17,28H,15,18-19H2,(H,32,35). The summed E-state index contributed by atoms with van der Waals surface area (Å²) in [6.45, 7) is 0.244. The number of hydrogen-bond acceptors (Lipinski definition) is 5. The number of carbonyl (C=O) groups is 2. The Labute approximate surface area is 213 Å². The van der Waals surface area contributed by atoms with Gasteiger partial charge in [0.05, 0.1) is 6.42 Å². The SMILES string of the molecule is O=C(Nc1ccc2c(c1)OCO2)C(c1ccc(F)cc1)N(Cc1cccnc1)C(=O)Cc1ccccc1. The third kappa shape index (κ3) is 5.75. The monoisotopic (exact) mass is 497 g/mol. The van der Waals surface area contributed by atoms with Crippen LogP contribution in [0.1, 0.15) is 22.7 Å².